The lowest BCUT2D eigenvalue weighted by Gasteiger charge is -2.34. The lowest BCUT2D eigenvalue weighted by Crippen LogP contribution is -2.39. The molecule has 0 aliphatic rings. The van der Waals surface area contributed by atoms with Crippen LogP contribution in [-0.2, 0) is 12.1 Å². The van der Waals surface area contributed by atoms with Crippen molar-refractivity contribution in [2.45, 2.75) is 32.9 Å². The Kier molecular flexibility index (Phi) is 9.16. The van der Waals surface area contributed by atoms with Crippen molar-refractivity contribution in [3.8, 4) is 22.5 Å². The van der Waals surface area contributed by atoms with Crippen molar-refractivity contribution in [2.24, 2.45) is 5.92 Å². The second kappa shape index (κ2) is 14.1. The van der Waals surface area contributed by atoms with E-state index in [0.29, 0.717) is 11.7 Å². The molecule has 0 saturated carbocycles. The van der Waals surface area contributed by atoms with Gasteiger partial charge >= 0.3 is 0 Å². The summed E-state index contributed by atoms with van der Waals surface area (Å²) in [5, 5.41) is 14.8. The molecule has 0 spiro atoms. The van der Waals surface area contributed by atoms with Gasteiger partial charge in [-0.3, -0.25) is 0 Å². The van der Waals surface area contributed by atoms with Gasteiger partial charge in [-0.15, -0.1) is 15.0 Å². The second-order valence-corrected chi connectivity index (χ2v) is 13.0. The Labute approximate surface area is 289 Å². The molecule has 1 aromatic heterocycles. The number of aromatic nitrogens is 4. The van der Waals surface area contributed by atoms with Gasteiger partial charge in [0.05, 0.1) is 0 Å². The average Bonchev–Trinajstić information content (AvgIpc) is 3.64. The minimum absolute atomic E-state index is 0.534. The van der Waals surface area contributed by atoms with Crippen LogP contribution in [0.5, 0.6) is 0 Å². The van der Waals surface area contributed by atoms with Crippen molar-refractivity contribution in [1.82, 2.24) is 20.2 Å². The van der Waals surface area contributed by atoms with E-state index in [4.69, 9.17) is 15.4 Å². The highest BCUT2D eigenvalue weighted by Gasteiger charge is 2.41. The SMILES string of the molecule is Cc1cc(-c2ccccc2-c2nnn(C(c3ccccc3)(c3ccccc3)c3ccccc3)n2)ccc1N(Cc1ccccc1)CC(C)C. The van der Waals surface area contributed by atoms with Gasteiger partial charge in [0, 0.05) is 24.3 Å². The van der Waals surface area contributed by atoms with E-state index in [2.05, 4.69) is 165 Å². The molecule has 0 radical (unpaired) electrons. The molecule has 7 rings (SSSR count). The number of benzene rings is 6. The van der Waals surface area contributed by atoms with E-state index in [1.807, 2.05) is 24.3 Å². The molecule has 7 aromatic rings. The highest BCUT2D eigenvalue weighted by molar-refractivity contribution is 5.81. The molecular formula is C44H41N5. The van der Waals surface area contributed by atoms with Gasteiger partial charge in [0.1, 0.15) is 0 Å². The quantitative estimate of drug-likeness (QED) is 0.132. The molecule has 242 valence electrons. The minimum atomic E-state index is -0.833. The zero-order valence-electron chi connectivity index (χ0n) is 28.3. The molecule has 0 atom stereocenters. The smallest absolute Gasteiger partial charge is 0.205 e. The maximum Gasteiger partial charge on any atom is 0.205 e. The number of hydrogen-bond acceptors (Lipinski definition) is 4. The van der Waals surface area contributed by atoms with Gasteiger partial charge in [-0.2, -0.15) is 0 Å². The molecule has 0 unspecified atom stereocenters. The van der Waals surface area contributed by atoms with Crippen molar-refractivity contribution in [3.05, 3.63) is 192 Å². The first-order valence-corrected chi connectivity index (χ1v) is 17.0. The highest BCUT2D eigenvalue weighted by atomic mass is 15.6. The highest BCUT2D eigenvalue weighted by Crippen LogP contribution is 2.40. The molecule has 0 aliphatic heterocycles. The maximum atomic E-state index is 5.20. The van der Waals surface area contributed by atoms with Crippen LogP contribution < -0.4 is 4.90 Å². The van der Waals surface area contributed by atoms with Crippen LogP contribution in [0.2, 0.25) is 0 Å². The minimum Gasteiger partial charge on any atom is -0.367 e. The molecule has 0 aliphatic carbocycles. The van der Waals surface area contributed by atoms with Crippen LogP contribution >= 0.6 is 0 Å². The summed E-state index contributed by atoms with van der Waals surface area (Å²) in [6.45, 7) is 8.61. The monoisotopic (exact) mass is 639 g/mol. The first kappa shape index (κ1) is 31.8. The Morgan fingerprint density at radius 3 is 1.65 bits per heavy atom. The van der Waals surface area contributed by atoms with Crippen molar-refractivity contribution < 1.29 is 0 Å². The number of anilines is 1. The van der Waals surface area contributed by atoms with E-state index in [-0.39, 0.29) is 0 Å². The fourth-order valence-electron chi connectivity index (χ4n) is 6.95. The summed E-state index contributed by atoms with van der Waals surface area (Å²) in [7, 11) is 0. The summed E-state index contributed by atoms with van der Waals surface area (Å²) < 4.78 is 0. The third-order valence-corrected chi connectivity index (χ3v) is 9.11. The zero-order chi connectivity index (χ0) is 33.6. The van der Waals surface area contributed by atoms with Crippen LogP contribution in [-0.4, -0.2) is 26.8 Å². The van der Waals surface area contributed by atoms with E-state index in [9.17, 15) is 0 Å². The molecular weight excluding hydrogens is 599 g/mol. The summed E-state index contributed by atoms with van der Waals surface area (Å²) >= 11 is 0. The normalized spacial score (nSPS) is 11.5. The third kappa shape index (κ3) is 6.40. The Bertz CT molecular complexity index is 2010. The Balaban J connectivity index is 1.31. The number of rotatable bonds is 11. The summed E-state index contributed by atoms with van der Waals surface area (Å²) in [6.07, 6.45) is 0. The van der Waals surface area contributed by atoms with Crippen molar-refractivity contribution in [1.29, 1.82) is 0 Å². The molecule has 5 nitrogen and oxygen atoms in total. The molecule has 0 saturated heterocycles. The zero-order valence-corrected chi connectivity index (χ0v) is 28.3. The number of aryl methyl sites for hydroxylation is 1. The van der Waals surface area contributed by atoms with E-state index in [1.165, 1.54) is 16.8 Å². The first-order chi connectivity index (χ1) is 24.0. The van der Waals surface area contributed by atoms with Gasteiger partial charge in [0.2, 0.25) is 5.82 Å². The van der Waals surface area contributed by atoms with Gasteiger partial charge in [-0.25, -0.2) is 0 Å². The largest absolute Gasteiger partial charge is 0.367 e. The Morgan fingerprint density at radius 1 is 0.612 bits per heavy atom. The molecule has 0 bridgehead atoms. The van der Waals surface area contributed by atoms with Crippen LogP contribution in [0.4, 0.5) is 5.69 Å². The van der Waals surface area contributed by atoms with Gasteiger partial charge in [0.25, 0.3) is 0 Å². The molecule has 1 heterocycles. The average molecular weight is 640 g/mol. The van der Waals surface area contributed by atoms with Gasteiger partial charge < -0.3 is 4.90 Å². The summed E-state index contributed by atoms with van der Waals surface area (Å²) in [5.74, 6) is 1.11. The Hall–Kier alpha value is -5.81. The fraction of sp³-hybridized carbons (Fsp3) is 0.159. The lowest BCUT2D eigenvalue weighted by atomic mass is 9.77. The molecule has 0 amide bonds. The number of nitrogens with zero attached hydrogens (tertiary/aromatic N) is 5. The third-order valence-electron chi connectivity index (χ3n) is 9.11. The van der Waals surface area contributed by atoms with Gasteiger partial charge in [0.15, 0.2) is 5.54 Å². The van der Waals surface area contributed by atoms with Crippen LogP contribution in [0, 0.1) is 12.8 Å². The van der Waals surface area contributed by atoms with Crippen LogP contribution in [0.15, 0.2) is 164 Å². The van der Waals surface area contributed by atoms with Crippen LogP contribution in [0.3, 0.4) is 0 Å². The standard InChI is InChI=1S/C44H41N5/c1-33(2)31-48(32-35-18-8-4-9-19-35)42-29-28-36(30-34(42)3)40-26-16-17-27-41(40)43-45-47-49(46-43)44(37-20-10-5-11-21-37,38-22-12-6-13-23-38)39-24-14-7-15-25-39/h4-30,33H,31-32H2,1-3H3. The van der Waals surface area contributed by atoms with Crippen molar-refractivity contribution in [3.63, 3.8) is 0 Å². The number of hydrogen-bond donors (Lipinski definition) is 0. The predicted molar refractivity (Wildman–Crippen MR) is 200 cm³/mol. The van der Waals surface area contributed by atoms with E-state index >= 15 is 0 Å². The maximum absolute atomic E-state index is 5.20. The number of tetrazole rings is 1. The summed E-state index contributed by atoms with van der Waals surface area (Å²) in [6, 6.07) is 57.2. The van der Waals surface area contributed by atoms with Crippen molar-refractivity contribution >= 4 is 5.69 Å². The lowest BCUT2D eigenvalue weighted by molar-refractivity contribution is 0.396. The van der Waals surface area contributed by atoms with Gasteiger partial charge in [-0.1, -0.05) is 166 Å². The Morgan fingerprint density at radius 2 is 1.12 bits per heavy atom. The molecule has 0 N–H and O–H groups in total. The molecule has 49 heavy (non-hydrogen) atoms. The molecule has 6 aromatic carbocycles. The van der Waals surface area contributed by atoms with Crippen LogP contribution in [0.1, 0.15) is 41.7 Å². The summed E-state index contributed by atoms with van der Waals surface area (Å²) in [4.78, 5) is 4.29. The van der Waals surface area contributed by atoms with Crippen LogP contribution in [0.25, 0.3) is 22.5 Å². The first-order valence-electron chi connectivity index (χ1n) is 17.0. The van der Waals surface area contributed by atoms with Crippen molar-refractivity contribution in [2.75, 3.05) is 11.4 Å². The topological polar surface area (TPSA) is 46.8 Å². The van der Waals surface area contributed by atoms with E-state index in [1.54, 1.807) is 4.80 Å². The second-order valence-electron chi connectivity index (χ2n) is 13.0. The molecule has 5 heteroatoms. The van der Waals surface area contributed by atoms with Gasteiger partial charge in [-0.05, 0) is 69.1 Å². The van der Waals surface area contributed by atoms with E-state index < -0.39 is 5.54 Å². The predicted octanol–water partition coefficient (Wildman–Crippen LogP) is 9.82. The fourth-order valence-corrected chi connectivity index (χ4v) is 6.95. The van der Waals surface area contributed by atoms with E-state index in [0.717, 1.165) is 46.5 Å². The molecule has 0 fully saturated rings. The summed E-state index contributed by atoms with van der Waals surface area (Å²) in [5.41, 5.74) is 9.25.